The van der Waals surface area contributed by atoms with E-state index in [0.29, 0.717) is 0 Å². The van der Waals surface area contributed by atoms with Gasteiger partial charge in [0.2, 0.25) is 0 Å². The van der Waals surface area contributed by atoms with Crippen LogP contribution in [0.4, 0.5) is 13.2 Å². The highest BCUT2D eigenvalue weighted by Gasteiger charge is 2.38. The Morgan fingerprint density at radius 2 is 2.00 bits per heavy atom. The van der Waals surface area contributed by atoms with Gasteiger partial charge in [-0.15, -0.1) is 12.4 Å². The SMILES string of the molecule is CC(N)c1noc(C(F)(F)F)n1.Cl. The fourth-order valence-corrected chi connectivity index (χ4v) is 0.535. The van der Waals surface area contributed by atoms with Gasteiger partial charge in [-0.2, -0.15) is 18.2 Å². The van der Waals surface area contributed by atoms with Crippen LogP contribution in [0.3, 0.4) is 0 Å². The molecule has 0 aliphatic rings. The average molecular weight is 218 g/mol. The molecular formula is C5H7ClF3N3O. The van der Waals surface area contributed by atoms with Crippen LogP contribution in [-0.4, -0.2) is 10.1 Å². The minimum absolute atomic E-state index is 0. The summed E-state index contributed by atoms with van der Waals surface area (Å²) in [4.78, 5) is 3.05. The summed E-state index contributed by atoms with van der Waals surface area (Å²) in [6.07, 6.45) is -4.60. The van der Waals surface area contributed by atoms with E-state index >= 15 is 0 Å². The van der Waals surface area contributed by atoms with Crippen LogP contribution in [0.2, 0.25) is 0 Å². The van der Waals surface area contributed by atoms with Crippen LogP contribution in [0.15, 0.2) is 4.52 Å². The fraction of sp³-hybridized carbons (Fsp3) is 0.600. The minimum atomic E-state index is -4.60. The Balaban J connectivity index is 0.00000144. The van der Waals surface area contributed by atoms with E-state index in [1.54, 1.807) is 0 Å². The van der Waals surface area contributed by atoms with Crippen molar-refractivity contribution in [1.82, 2.24) is 10.1 Å². The molecule has 0 bridgehead atoms. The van der Waals surface area contributed by atoms with Gasteiger partial charge in [-0.3, -0.25) is 0 Å². The normalized spacial score (nSPS) is 13.6. The Kier molecular flexibility index (Phi) is 3.68. The first kappa shape index (κ1) is 12.2. The molecule has 4 nitrogen and oxygen atoms in total. The highest BCUT2D eigenvalue weighted by Crippen LogP contribution is 2.27. The number of hydrogen-bond acceptors (Lipinski definition) is 4. The molecule has 0 aliphatic carbocycles. The Labute approximate surface area is 77.7 Å². The number of halogens is 4. The van der Waals surface area contributed by atoms with Crippen LogP contribution in [0, 0.1) is 0 Å². The van der Waals surface area contributed by atoms with Crippen molar-refractivity contribution in [2.45, 2.75) is 19.1 Å². The van der Waals surface area contributed by atoms with Gasteiger partial charge < -0.3 is 10.3 Å². The van der Waals surface area contributed by atoms with Gasteiger partial charge in [0.05, 0.1) is 6.04 Å². The highest BCUT2D eigenvalue weighted by atomic mass is 35.5. The molecule has 1 unspecified atom stereocenters. The van der Waals surface area contributed by atoms with Crippen molar-refractivity contribution in [3.05, 3.63) is 11.7 Å². The van der Waals surface area contributed by atoms with Crippen LogP contribution in [-0.2, 0) is 6.18 Å². The van der Waals surface area contributed by atoms with E-state index < -0.39 is 18.1 Å². The lowest BCUT2D eigenvalue weighted by Crippen LogP contribution is -2.09. The first-order valence-corrected chi connectivity index (χ1v) is 3.07. The second kappa shape index (κ2) is 3.93. The zero-order valence-corrected chi connectivity index (χ0v) is 7.32. The third-order valence-corrected chi connectivity index (χ3v) is 1.09. The van der Waals surface area contributed by atoms with Crippen molar-refractivity contribution < 1.29 is 17.7 Å². The number of nitrogens with two attached hydrogens (primary N) is 1. The highest BCUT2D eigenvalue weighted by molar-refractivity contribution is 5.85. The van der Waals surface area contributed by atoms with E-state index in [-0.39, 0.29) is 18.2 Å². The zero-order valence-electron chi connectivity index (χ0n) is 6.50. The molecule has 0 aliphatic heterocycles. The second-order valence-electron chi connectivity index (χ2n) is 2.24. The molecule has 1 rings (SSSR count). The van der Waals surface area contributed by atoms with E-state index in [4.69, 9.17) is 5.73 Å². The Morgan fingerprint density at radius 1 is 1.46 bits per heavy atom. The first-order valence-electron chi connectivity index (χ1n) is 3.07. The van der Waals surface area contributed by atoms with Gasteiger partial charge in [0.1, 0.15) is 0 Å². The van der Waals surface area contributed by atoms with E-state index in [0.717, 1.165) is 0 Å². The van der Waals surface area contributed by atoms with Crippen LogP contribution in [0.1, 0.15) is 24.7 Å². The van der Waals surface area contributed by atoms with E-state index in [1.165, 1.54) is 6.92 Å². The summed E-state index contributed by atoms with van der Waals surface area (Å²) in [6, 6.07) is -0.662. The lowest BCUT2D eigenvalue weighted by molar-refractivity contribution is -0.159. The molecule has 1 aromatic heterocycles. The maximum atomic E-state index is 11.8. The molecule has 0 spiro atoms. The summed E-state index contributed by atoms with van der Waals surface area (Å²) in [5.41, 5.74) is 5.22. The molecule has 0 saturated heterocycles. The average Bonchev–Trinajstić information content (AvgIpc) is 2.30. The van der Waals surface area contributed by atoms with E-state index in [2.05, 4.69) is 14.7 Å². The molecule has 0 aromatic carbocycles. The topological polar surface area (TPSA) is 64.9 Å². The van der Waals surface area contributed by atoms with Crippen molar-refractivity contribution in [2.24, 2.45) is 5.73 Å². The Bertz CT molecular complexity index is 272. The summed E-state index contributed by atoms with van der Waals surface area (Å²) in [7, 11) is 0. The number of alkyl halides is 3. The van der Waals surface area contributed by atoms with Crippen LogP contribution in [0.25, 0.3) is 0 Å². The van der Waals surface area contributed by atoms with Crippen LogP contribution >= 0.6 is 12.4 Å². The summed E-state index contributed by atoms with van der Waals surface area (Å²) in [5, 5.41) is 3.05. The first-order chi connectivity index (χ1) is 5.41. The second-order valence-corrected chi connectivity index (χ2v) is 2.24. The maximum Gasteiger partial charge on any atom is 0.471 e. The van der Waals surface area contributed by atoms with Gasteiger partial charge in [-0.1, -0.05) is 5.16 Å². The van der Waals surface area contributed by atoms with Crippen molar-refractivity contribution in [1.29, 1.82) is 0 Å². The van der Waals surface area contributed by atoms with Gasteiger partial charge in [0.25, 0.3) is 0 Å². The summed E-state index contributed by atoms with van der Waals surface area (Å²) < 4.78 is 39.4. The molecular weight excluding hydrogens is 211 g/mol. The molecule has 1 aromatic rings. The molecule has 2 N–H and O–H groups in total. The van der Waals surface area contributed by atoms with Crippen molar-refractivity contribution in [2.75, 3.05) is 0 Å². The third-order valence-electron chi connectivity index (χ3n) is 1.09. The number of rotatable bonds is 1. The predicted octanol–water partition coefficient (Wildman–Crippen LogP) is 1.53. The van der Waals surface area contributed by atoms with Crippen molar-refractivity contribution in [3.8, 4) is 0 Å². The molecule has 1 heterocycles. The third kappa shape index (κ3) is 2.85. The predicted molar refractivity (Wildman–Crippen MR) is 39.2 cm³/mol. The number of aromatic nitrogens is 2. The molecule has 0 saturated carbocycles. The molecule has 0 amide bonds. The molecule has 76 valence electrons. The van der Waals surface area contributed by atoms with Gasteiger partial charge >= 0.3 is 12.1 Å². The minimum Gasteiger partial charge on any atom is -0.329 e. The van der Waals surface area contributed by atoms with Crippen LogP contribution in [0.5, 0.6) is 0 Å². The number of nitrogens with zero attached hydrogens (tertiary/aromatic N) is 2. The van der Waals surface area contributed by atoms with Gasteiger partial charge in [-0.05, 0) is 6.92 Å². The molecule has 13 heavy (non-hydrogen) atoms. The lowest BCUT2D eigenvalue weighted by atomic mass is 10.3. The molecule has 0 fully saturated rings. The Hall–Kier alpha value is -0.820. The Morgan fingerprint density at radius 3 is 2.23 bits per heavy atom. The van der Waals surface area contributed by atoms with E-state index in [9.17, 15) is 13.2 Å². The smallest absolute Gasteiger partial charge is 0.329 e. The quantitative estimate of drug-likeness (QED) is 0.775. The maximum absolute atomic E-state index is 11.8. The zero-order chi connectivity index (χ0) is 9.35. The molecule has 0 radical (unpaired) electrons. The monoisotopic (exact) mass is 217 g/mol. The largest absolute Gasteiger partial charge is 0.471 e. The van der Waals surface area contributed by atoms with Crippen LogP contribution < -0.4 is 5.73 Å². The summed E-state index contributed by atoms with van der Waals surface area (Å²) in [6.45, 7) is 1.46. The molecule has 1 atom stereocenters. The molecule has 8 heteroatoms. The number of hydrogen-bond donors (Lipinski definition) is 1. The van der Waals surface area contributed by atoms with Crippen molar-refractivity contribution in [3.63, 3.8) is 0 Å². The van der Waals surface area contributed by atoms with E-state index in [1.807, 2.05) is 0 Å². The summed E-state index contributed by atoms with van der Waals surface area (Å²) >= 11 is 0. The standard InChI is InChI=1S/C5H6F3N3O.ClH/c1-2(9)3-10-4(12-11-3)5(6,7)8;/h2H,9H2,1H3;1H. The fourth-order valence-electron chi connectivity index (χ4n) is 0.535. The van der Waals surface area contributed by atoms with Gasteiger partial charge in [0.15, 0.2) is 5.82 Å². The van der Waals surface area contributed by atoms with Gasteiger partial charge in [0, 0.05) is 0 Å². The summed E-state index contributed by atoms with van der Waals surface area (Å²) in [5.74, 6) is -1.52. The lowest BCUT2D eigenvalue weighted by Gasteiger charge is -1.96. The van der Waals surface area contributed by atoms with Gasteiger partial charge in [-0.25, -0.2) is 0 Å². The van der Waals surface area contributed by atoms with Crippen molar-refractivity contribution >= 4 is 12.4 Å².